The monoisotopic (exact) mass is 434 g/mol. The second-order valence-electron chi connectivity index (χ2n) is 7.43. The molecule has 4 rings (SSSR count). The third-order valence-corrected chi connectivity index (χ3v) is 6.32. The summed E-state index contributed by atoms with van der Waals surface area (Å²) >= 11 is 1.26. The van der Waals surface area contributed by atoms with E-state index < -0.39 is 17.7 Å². The molecule has 2 heterocycles. The Morgan fingerprint density at radius 2 is 1.87 bits per heavy atom. The van der Waals surface area contributed by atoms with Crippen molar-refractivity contribution in [3.8, 4) is 5.75 Å². The van der Waals surface area contributed by atoms with Crippen LogP contribution in [0, 0.1) is 20.8 Å². The summed E-state index contributed by atoms with van der Waals surface area (Å²) in [6, 6.07) is 13.8. The predicted molar refractivity (Wildman–Crippen MR) is 120 cm³/mol. The molecule has 7 heteroatoms. The van der Waals surface area contributed by atoms with Crippen LogP contribution in [-0.4, -0.2) is 28.9 Å². The van der Waals surface area contributed by atoms with Crippen molar-refractivity contribution < 1.29 is 19.4 Å². The number of hydrogen-bond acceptors (Lipinski definition) is 6. The van der Waals surface area contributed by atoms with Crippen molar-refractivity contribution in [2.75, 3.05) is 12.0 Å². The number of aryl methyl sites for hydroxylation is 3. The van der Waals surface area contributed by atoms with Gasteiger partial charge in [-0.1, -0.05) is 35.9 Å². The van der Waals surface area contributed by atoms with Crippen LogP contribution < -0.4 is 9.64 Å². The van der Waals surface area contributed by atoms with Crippen LogP contribution in [0.15, 0.2) is 59.9 Å². The first-order valence-electron chi connectivity index (χ1n) is 9.78. The third kappa shape index (κ3) is 3.61. The normalized spacial score (nSPS) is 16.2. The first-order valence-corrected chi connectivity index (χ1v) is 10.6. The molecule has 1 N–H and O–H groups in total. The summed E-state index contributed by atoms with van der Waals surface area (Å²) in [4.78, 5) is 33.0. The summed E-state index contributed by atoms with van der Waals surface area (Å²) in [6.45, 7) is 5.52. The van der Waals surface area contributed by atoms with E-state index in [0.717, 1.165) is 16.1 Å². The number of hydrogen-bond donors (Lipinski definition) is 1. The van der Waals surface area contributed by atoms with Gasteiger partial charge in [0.15, 0.2) is 5.76 Å². The quantitative estimate of drug-likeness (QED) is 0.580. The number of aliphatic hydroxyl groups is 1. The molecule has 1 aromatic heterocycles. The second kappa shape index (κ2) is 8.00. The number of amides is 1. The van der Waals surface area contributed by atoms with Crippen molar-refractivity contribution in [2.45, 2.75) is 26.8 Å². The largest absolute Gasteiger partial charge is 0.503 e. The summed E-state index contributed by atoms with van der Waals surface area (Å²) in [5.74, 6) is -0.973. The van der Waals surface area contributed by atoms with Gasteiger partial charge in [-0.2, -0.15) is 0 Å². The Balaban J connectivity index is 1.91. The van der Waals surface area contributed by atoms with Gasteiger partial charge in [-0.15, -0.1) is 11.3 Å². The van der Waals surface area contributed by atoms with Gasteiger partial charge in [0.25, 0.3) is 5.91 Å². The van der Waals surface area contributed by atoms with Crippen LogP contribution in [-0.2, 0) is 4.79 Å². The maximum Gasteiger partial charge on any atom is 0.294 e. The minimum atomic E-state index is -0.770. The van der Waals surface area contributed by atoms with Gasteiger partial charge >= 0.3 is 0 Å². The molecule has 1 atom stereocenters. The van der Waals surface area contributed by atoms with E-state index in [9.17, 15) is 14.7 Å². The Bertz CT molecular complexity index is 1230. The van der Waals surface area contributed by atoms with Crippen molar-refractivity contribution in [2.24, 2.45) is 0 Å². The van der Waals surface area contributed by atoms with Crippen LogP contribution in [0.5, 0.6) is 5.75 Å². The summed E-state index contributed by atoms with van der Waals surface area (Å²) in [6.07, 6.45) is 0. The van der Waals surface area contributed by atoms with E-state index in [1.54, 1.807) is 38.3 Å². The fraction of sp³-hybridized carbons (Fsp3) is 0.208. The lowest BCUT2D eigenvalue weighted by Gasteiger charge is -2.27. The van der Waals surface area contributed by atoms with E-state index in [-0.39, 0.29) is 11.4 Å². The first-order chi connectivity index (χ1) is 14.8. The number of carbonyl (C=O) groups excluding carboxylic acids is 2. The highest BCUT2D eigenvalue weighted by atomic mass is 32.1. The summed E-state index contributed by atoms with van der Waals surface area (Å²) in [7, 11) is 1.54. The molecule has 0 aliphatic carbocycles. The molecule has 3 aromatic rings. The summed E-state index contributed by atoms with van der Waals surface area (Å²) < 4.78 is 5.31. The molecular weight excluding hydrogens is 412 g/mol. The van der Waals surface area contributed by atoms with Crippen LogP contribution in [0.1, 0.15) is 37.5 Å². The van der Waals surface area contributed by atoms with E-state index in [0.29, 0.717) is 22.0 Å². The molecule has 1 amide bonds. The standard InChI is InChI=1S/C24H22N2O4S/c1-13-7-5-8-16(11-13)20-19(21(27)23-14(2)25-15(3)31-23)22(28)24(29)26(20)17-9-6-10-18(12-17)30-4/h5-12,20,28H,1-4H3. The number of aromatic nitrogens is 1. The number of ether oxygens (including phenoxy) is 1. The number of ketones is 1. The zero-order valence-corrected chi connectivity index (χ0v) is 18.5. The van der Waals surface area contributed by atoms with Crippen LogP contribution in [0.2, 0.25) is 0 Å². The number of aliphatic hydroxyl groups excluding tert-OH is 1. The van der Waals surface area contributed by atoms with Crippen molar-refractivity contribution in [1.82, 2.24) is 4.98 Å². The van der Waals surface area contributed by atoms with Crippen LogP contribution >= 0.6 is 11.3 Å². The molecule has 0 spiro atoms. The van der Waals surface area contributed by atoms with Gasteiger partial charge in [-0.25, -0.2) is 4.98 Å². The smallest absolute Gasteiger partial charge is 0.294 e. The molecule has 1 aliphatic rings. The molecule has 0 saturated heterocycles. The number of anilines is 1. The Hall–Kier alpha value is -3.45. The van der Waals surface area contributed by atoms with Gasteiger partial charge in [-0.05, 0) is 38.5 Å². The van der Waals surface area contributed by atoms with Crippen molar-refractivity contribution in [3.05, 3.63) is 86.6 Å². The third-order valence-electron chi connectivity index (χ3n) is 5.25. The molecule has 0 bridgehead atoms. The second-order valence-corrected chi connectivity index (χ2v) is 8.64. The topological polar surface area (TPSA) is 79.7 Å². The number of benzene rings is 2. The maximum atomic E-state index is 13.6. The highest BCUT2D eigenvalue weighted by molar-refractivity contribution is 7.14. The molecule has 0 radical (unpaired) electrons. The van der Waals surface area contributed by atoms with Crippen molar-refractivity contribution >= 4 is 28.7 Å². The molecule has 158 valence electrons. The lowest BCUT2D eigenvalue weighted by atomic mass is 9.94. The zero-order valence-electron chi connectivity index (χ0n) is 17.7. The molecule has 1 unspecified atom stereocenters. The van der Waals surface area contributed by atoms with Gasteiger partial charge in [0.2, 0.25) is 5.78 Å². The van der Waals surface area contributed by atoms with Gasteiger partial charge in [0.1, 0.15) is 5.75 Å². The number of nitrogens with zero attached hydrogens (tertiary/aromatic N) is 2. The van der Waals surface area contributed by atoms with E-state index in [4.69, 9.17) is 4.74 Å². The Morgan fingerprint density at radius 3 is 2.52 bits per heavy atom. The fourth-order valence-electron chi connectivity index (χ4n) is 3.88. The van der Waals surface area contributed by atoms with Crippen LogP contribution in [0.25, 0.3) is 0 Å². The molecule has 2 aromatic carbocycles. The van der Waals surface area contributed by atoms with E-state index in [2.05, 4.69) is 4.98 Å². The first kappa shape index (κ1) is 20.8. The minimum absolute atomic E-state index is 0.0603. The molecule has 1 aliphatic heterocycles. The van der Waals surface area contributed by atoms with Gasteiger partial charge in [0.05, 0.1) is 34.3 Å². The molecule has 0 fully saturated rings. The minimum Gasteiger partial charge on any atom is -0.503 e. The zero-order chi connectivity index (χ0) is 22.3. The summed E-state index contributed by atoms with van der Waals surface area (Å²) in [5.41, 5.74) is 2.90. The average molecular weight is 435 g/mol. The Morgan fingerprint density at radius 1 is 1.13 bits per heavy atom. The predicted octanol–water partition coefficient (Wildman–Crippen LogP) is 4.86. The lowest BCUT2D eigenvalue weighted by molar-refractivity contribution is -0.117. The van der Waals surface area contributed by atoms with Crippen LogP contribution in [0.4, 0.5) is 5.69 Å². The lowest BCUT2D eigenvalue weighted by Crippen LogP contribution is -2.31. The maximum absolute atomic E-state index is 13.6. The highest BCUT2D eigenvalue weighted by Crippen LogP contribution is 2.43. The van der Waals surface area contributed by atoms with E-state index in [1.807, 2.05) is 38.1 Å². The van der Waals surface area contributed by atoms with Gasteiger partial charge < -0.3 is 9.84 Å². The average Bonchev–Trinajstić information content (AvgIpc) is 3.23. The van der Waals surface area contributed by atoms with Gasteiger partial charge in [-0.3, -0.25) is 14.5 Å². The Labute approximate surface area is 184 Å². The molecular formula is C24H22N2O4S. The number of methoxy groups -OCH3 is 1. The number of Topliss-reactive ketones (excluding diaryl/α,β-unsaturated/α-hetero) is 1. The number of thiazole rings is 1. The van der Waals surface area contributed by atoms with Crippen molar-refractivity contribution in [1.29, 1.82) is 0 Å². The molecule has 6 nitrogen and oxygen atoms in total. The number of carbonyl (C=O) groups is 2. The van der Waals surface area contributed by atoms with Crippen molar-refractivity contribution in [3.63, 3.8) is 0 Å². The van der Waals surface area contributed by atoms with E-state index in [1.165, 1.54) is 16.2 Å². The molecule has 0 saturated carbocycles. The fourth-order valence-corrected chi connectivity index (χ4v) is 4.76. The van der Waals surface area contributed by atoms with Crippen LogP contribution in [0.3, 0.4) is 0 Å². The van der Waals surface area contributed by atoms with E-state index >= 15 is 0 Å². The number of rotatable bonds is 5. The highest BCUT2D eigenvalue weighted by Gasteiger charge is 2.45. The Kier molecular flexibility index (Phi) is 5.37. The SMILES string of the molecule is COc1cccc(N2C(=O)C(O)=C(C(=O)c3sc(C)nc3C)C2c2cccc(C)c2)c1. The van der Waals surface area contributed by atoms with Gasteiger partial charge in [0, 0.05) is 11.8 Å². The molecule has 31 heavy (non-hydrogen) atoms. The summed E-state index contributed by atoms with van der Waals surface area (Å²) in [5, 5.41) is 11.6.